The van der Waals surface area contributed by atoms with Crippen molar-refractivity contribution in [2.75, 3.05) is 31.1 Å². The number of hydrogen-bond donors (Lipinski definition) is 1. The summed E-state index contributed by atoms with van der Waals surface area (Å²) in [4.78, 5) is 25.9. The van der Waals surface area contributed by atoms with Crippen LogP contribution in [0.5, 0.6) is 0 Å². The molecule has 1 aromatic carbocycles. The monoisotopic (exact) mass is 370 g/mol. The SMILES string of the molecule is O=C(O)C(F)(F)F.O=C1C2CN(CC3CC3)CC2CN1c1ccccc1. The van der Waals surface area contributed by atoms with Crippen LogP contribution >= 0.6 is 0 Å². The van der Waals surface area contributed by atoms with Crippen LogP contribution in [0.1, 0.15) is 12.8 Å². The lowest BCUT2D eigenvalue weighted by atomic mass is 10.0. The highest BCUT2D eigenvalue weighted by Gasteiger charge is 2.47. The van der Waals surface area contributed by atoms with Gasteiger partial charge >= 0.3 is 12.1 Å². The Kier molecular flexibility index (Phi) is 5.22. The zero-order valence-electron chi connectivity index (χ0n) is 14.2. The standard InChI is InChI=1S/C16H20N2O.C2HF3O2/c19-16-15-11-17(8-12-6-7-12)9-13(15)10-18(16)14-4-2-1-3-5-14;3-2(4,5)1(6)7/h1-5,12-13,15H,6-11H2;(H,6,7). The van der Waals surface area contributed by atoms with Crippen LogP contribution in [0.3, 0.4) is 0 Å². The zero-order valence-corrected chi connectivity index (χ0v) is 14.2. The molecule has 1 aliphatic carbocycles. The van der Waals surface area contributed by atoms with Crippen molar-refractivity contribution < 1.29 is 27.9 Å². The van der Waals surface area contributed by atoms with E-state index in [-0.39, 0.29) is 5.92 Å². The van der Waals surface area contributed by atoms with Gasteiger partial charge in [-0.1, -0.05) is 18.2 Å². The number of alkyl halides is 3. The third kappa shape index (κ3) is 4.35. The fourth-order valence-corrected chi connectivity index (χ4v) is 3.61. The lowest BCUT2D eigenvalue weighted by Gasteiger charge is -2.21. The molecule has 142 valence electrons. The molecule has 0 bridgehead atoms. The molecule has 1 N–H and O–H groups in total. The van der Waals surface area contributed by atoms with Crippen LogP contribution in [0.4, 0.5) is 18.9 Å². The van der Waals surface area contributed by atoms with Gasteiger partial charge in [-0.25, -0.2) is 4.79 Å². The maximum Gasteiger partial charge on any atom is 0.490 e. The number of carbonyl (C=O) groups is 2. The number of aliphatic carboxylic acids is 1. The van der Waals surface area contributed by atoms with Crippen molar-refractivity contribution in [2.45, 2.75) is 19.0 Å². The van der Waals surface area contributed by atoms with Gasteiger partial charge in [-0.05, 0) is 30.9 Å². The van der Waals surface area contributed by atoms with E-state index in [0.717, 1.165) is 31.2 Å². The molecule has 2 aliphatic heterocycles. The summed E-state index contributed by atoms with van der Waals surface area (Å²) in [6.45, 7) is 4.25. The topological polar surface area (TPSA) is 60.9 Å². The average Bonchev–Trinajstić information content (AvgIpc) is 3.22. The summed E-state index contributed by atoms with van der Waals surface area (Å²) in [6.07, 6.45) is -2.29. The molecule has 0 radical (unpaired) electrons. The molecule has 8 heteroatoms. The number of halogens is 3. The Morgan fingerprint density at radius 2 is 1.73 bits per heavy atom. The molecule has 26 heavy (non-hydrogen) atoms. The molecular formula is C18H21F3N2O3. The van der Waals surface area contributed by atoms with E-state index in [1.54, 1.807) is 0 Å². The van der Waals surface area contributed by atoms with E-state index < -0.39 is 12.1 Å². The Balaban J connectivity index is 0.000000242. The predicted molar refractivity (Wildman–Crippen MR) is 88.6 cm³/mol. The van der Waals surface area contributed by atoms with Gasteiger partial charge in [0.25, 0.3) is 0 Å². The predicted octanol–water partition coefficient (Wildman–Crippen LogP) is 2.62. The molecule has 1 saturated carbocycles. The van der Waals surface area contributed by atoms with Gasteiger partial charge in [0, 0.05) is 37.8 Å². The number of carboxylic acid groups (broad SMARTS) is 1. The molecule has 2 saturated heterocycles. The van der Waals surface area contributed by atoms with E-state index in [9.17, 15) is 18.0 Å². The van der Waals surface area contributed by atoms with Gasteiger partial charge in [0.15, 0.2) is 0 Å². The third-order valence-electron chi connectivity index (χ3n) is 5.04. The molecule has 2 unspecified atom stereocenters. The first-order valence-electron chi connectivity index (χ1n) is 8.64. The van der Waals surface area contributed by atoms with Gasteiger partial charge in [0.2, 0.25) is 5.91 Å². The van der Waals surface area contributed by atoms with Crippen LogP contribution in [0.2, 0.25) is 0 Å². The number of rotatable bonds is 3. The molecule has 3 fully saturated rings. The third-order valence-corrected chi connectivity index (χ3v) is 5.04. The van der Waals surface area contributed by atoms with E-state index >= 15 is 0 Å². The number of amides is 1. The first kappa shape index (κ1) is 18.7. The summed E-state index contributed by atoms with van der Waals surface area (Å²) in [5.41, 5.74) is 1.07. The summed E-state index contributed by atoms with van der Waals surface area (Å²) in [5.74, 6) is -0.688. The van der Waals surface area contributed by atoms with Crippen LogP contribution in [0, 0.1) is 17.8 Å². The molecule has 2 atom stereocenters. The van der Waals surface area contributed by atoms with Crippen LogP contribution in [-0.4, -0.2) is 54.2 Å². The van der Waals surface area contributed by atoms with Crippen molar-refractivity contribution in [1.82, 2.24) is 4.90 Å². The van der Waals surface area contributed by atoms with E-state index in [1.807, 2.05) is 35.2 Å². The Labute approximate surface area is 149 Å². The molecule has 2 heterocycles. The first-order chi connectivity index (χ1) is 12.3. The molecule has 0 spiro atoms. The summed E-state index contributed by atoms with van der Waals surface area (Å²) in [5, 5.41) is 7.12. The Bertz CT molecular complexity index is 661. The van der Waals surface area contributed by atoms with E-state index in [2.05, 4.69) is 4.90 Å². The maximum atomic E-state index is 12.5. The van der Waals surface area contributed by atoms with Crippen LogP contribution in [0.25, 0.3) is 0 Å². The first-order valence-corrected chi connectivity index (χ1v) is 8.64. The molecule has 5 nitrogen and oxygen atoms in total. The van der Waals surface area contributed by atoms with Gasteiger partial charge in [-0.3, -0.25) is 4.79 Å². The number of carbonyl (C=O) groups excluding carboxylic acids is 1. The van der Waals surface area contributed by atoms with Gasteiger partial charge in [0.1, 0.15) is 0 Å². The Morgan fingerprint density at radius 3 is 2.23 bits per heavy atom. The highest BCUT2D eigenvalue weighted by atomic mass is 19.4. The zero-order chi connectivity index (χ0) is 18.9. The van der Waals surface area contributed by atoms with Crippen LogP contribution < -0.4 is 4.90 Å². The Hall–Kier alpha value is -2.09. The number of nitrogens with zero attached hydrogens (tertiary/aromatic N) is 2. The lowest BCUT2D eigenvalue weighted by Crippen LogP contribution is -2.33. The van der Waals surface area contributed by atoms with Crippen molar-refractivity contribution in [3.8, 4) is 0 Å². The molecule has 1 amide bonds. The van der Waals surface area contributed by atoms with Gasteiger partial charge in [-0.2, -0.15) is 13.2 Å². The minimum absolute atomic E-state index is 0.249. The number of para-hydroxylation sites is 1. The van der Waals surface area contributed by atoms with Crippen molar-refractivity contribution in [3.63, 3.8) is 0 Å². The summed E-state index contributed by atoms with van der Waals surface area (Å²) < 4.78 is 31.7. The van der Waals surface area contributed by atoms with Crippen LogP contribution in [-0.2, 0) is 9.59 Å². The van der Waals surface area contributed by atoms with Crippen LogP contribution in [0.15, 0.2) is 30.3 Å². The highest BCUT2D eigenvalue weighted by molar-refractivity contribution is 5.98. The van der Waals surface area contributed by atoms with E-state index in [0.29, 0.717) is 11.8 Å². The van der Waals surface area contributed by atoms with Gasteiger partial charge < -0.3 is 14.9 Å². The second-order valence-corrected chi connectivity index (χ2v) is 7.12. The van der Waals surface area contributed by atoms with Crippen molar-refractivity contribution in [3.05, 3.63) is 30.3 Å². The fourth-order valence-electron chi connectivity index (χ4n) is 3.61. The number of carboxylic acids is 1. The number of likely N-dealkylation sites (tertiary alicyclic amines) is 1. The van der Waals surface area contributed by atoms with Crippen molar-refractivity contribution >= 4 is 17.6 Å². The second-order valence-electron chi connectivity index (χ2n) is 7.12. The lowest BCUT2D eigenvalue weighted by molar-refractivity contribution is -0.192. The van der Waals surface area contributed by atoms with E-state index in [4.69, 9.17) is 9.90 Å². The number of benzene rings is 1. The largest absolute Gasteiger partial charge is 0.490 e. The summed E-state index contributed by atoms with van der Waals surface area (Å²) in [7, 11) is 0. The van der Waals surface area contributed by atoms with Gasteiger partial charge in [-0.15, -0.1) is 0 Å². The molecule has 0 aromatic heterocycles. The number of anilines is 1. The smallest absolute Gasteiger partial charge is 0.475 e. The van der Waals surface area contributed by atoms with Gasteiger partial charge in [0.05, 0.1) is 5.92 Å². The average molecular weight is 370 g/mol. The molecule has 4 rings (SSSR count). The minimum atomic E-state index is -5.08. The molecular weight excluding hydrogens is 349 g/mol. The quantitative estimate of drug-likeness (QED) is 0.889. The summed E-state index contributed by atoms with van der Waals surface area (Å²) >= 11 is 0. The fraction of sp³-hybridized carbons (Fsp3) is 0.556. The second kappa shape index (κ2) is 7.26. The molecule has 1 aromatic rings. The minimum Gasteiger partial charge on any atom is -0.475 e. The Morgan fingerprint density at radius 1 is 1.12 bits per heavy atom. The summed E-state index contributed by atoms with van der Waals surface area (Å²) in [6, 6.07) is 10.1. The molecule has 3 aliphatic rings. The number of fused-ring (bicyclic) bond motifs is 1. The number of hydrogen-bond acceptors (Lipinski definition) is 3. The maximum absolute atomic E-state index is 12.5. The van der Waals surface area contributed by atoms with Crippen molar-refractivity contribution in [2.24, 2.45) is 17.8 Å². The normalized spacial score (nSPS) is 25.7. The highest BCUT2D eigenvalue weighted by Crippen LogP contribution is 2.37. The van der Waals surface area contributed by atoms with Crippen molar-refractivity contribution in [1.29, 1.82) is 0 Å². The van der Waals surface area contributed by atoms with E-state index in [1.165, 1.54) is 19.4 Å².